The van der Waals surface area contributed by atoms with Gasteiger partial charge in [0, 0.05) is 12.2 Å². The first kappa shape index (κ1) is 20.5. The van der Waals surface area contributed by atoms with Gasteiger partial charge in [-0.05, 0) is 55.5 Å². The molecule has 0 spiro atoms. The summed E-state index contributed by atoms with van der Waals surface area (Å²) in [5.41, 5.74) is -0.951. The number of hydrogen-bond acceptors (Lipinski definition) is 3. The van der Waals surface area contributed by atoms with E-state index >= 15 is 0 Å². The molecule has 1 aliphatic heterocycles. The summed E-state index contributed by atoms with van der Waals surface area (Å²) in [5.74, 6) is -1.09. The van der Waals surface area contributed by atoms with Crippen LogP contribution in [0.5, 0.6) is 0 Å². The molecule has 1 saturated heterocycles. The second kappa shape index (κ2) is 8.41. The quantitative estimate of drug-likeness (QED) is 0.486. The van der Waals surface area contributed by atoms with Crippen molar-refractivity contribution in [3.8, 4) is 11.1 Å². The monoisotopic (exact) mass is 396 g/mol. The molecule has 28 heavy (non-hydrogen) atoms. The van der Waals surface area contributed by atoms with E-state index in [1.807, 2.05) is 0 Å². The summed E-state index contributed by atoms with van der Waals surface area (Å²) in [6.07, 6.45) is -3.64. The van der Waals surface area contributed by atoms with E-state index in [-0.39, 0.29) is 16.7 Å². The van der Waals surface area contributed by atoms with Crippen molar-refractivity contribution in [2.75, 3.05) is 6.61 Å². The molecule has 1 unspecified atom stereocenters. The van der Waals surface area contributed by atoms with E-state index in [9.17, 15) is 22.4 Å². The molecule has 2 atom stereocenters. The van der Waals surface area contributed by atoms with E-state index in [0.29, 0.717) is 13.0 Å². The minimum Gasteiger partial charge on any atom is -0.353 e. The van der Waals surface area contributed by atoms with Crippen LogP contribution in [0, 0.1) is 5.82 Å². The lowest BCUT2D eigenvalue weighted by molar-refractivity contribution is -0.174. The van der Waals surface area contributed by atoms with Crippen LogP contribution in [0.25, 0.3) is 11.1 Å². The highest BCUT2D eigenvalue weighted by Gasteiger charge is 2.35. The minimum atomic E-state index is -4.67. The van der Waals surface area contributed by atoms with E-state index in [2.05, 4.69) is 0 Å². The number of benzene rings is 2. The number of carbonyl (C=O) groups is 1. The molecule has 0 N–H and O–H groups in total. The van der Waals surface area contributed by atoms with Crippen LogP contribution in [0.1, 0.15) is 42.1 Å². The van der Waals surface area contributed by atoms with Gasteiger partial charge in [0.25, 0.3) is 0 Å². The molecule has 0 saturated carbocycles. The molecule has 0 bridgehead atoms. The van der Waals surface area contributed by atoms with Crippen LogP contribution < -0.4 is 0 Å². The lowest BCUT2D eigenvalue weighted by Crippen LogP contribution is -2.31. The fraction of sp³-hybridized carbons (Fsp3) is 0.381. The van der Waals surface area contributed by atoms with Crippen LogP contribution in [0.4, 0.5) is 17.6 Å². The highest BCUT2D eigenvalue weighted by atomic mass is 19.4. The van der Waals surface area contributed by atoms with Gasteiger partial charge < -0.3 is 9.47 Å². The summed E-state index contributed by atoms with van der Waals surface area (Å²) in [7, 11) is 0. The van der Waals surface area contributed by atoms with Crippen LogP contribution in [-0.2, 0) is 15.7 Å². The first-order valence-electron chi connectivity index (χ1n) is 9.04. The van der Waals surface area contributed by atoms with Crippen LogP contribution in [0.15, 0.2) is 42.5 Å². The lowest BCUT2D eigenvalue weighted by Gasteiger charge is -2.25. The molecular formula is C21H20F4O3. The SMILES string of the molecule is C[C@@H](OC1CCCCO1)C(=O)c1ccc(-c2ccc(F)cc2)c(C(F)(F)F)c1. The first-order chi connectivity index (χ1) is 13.3. The minimum absolute atomic E-state index is 0.0958. The van der Waals surface area contributed by atoms with Gasteiger partial charge in [0.1, 0.15) is 11.9 Å². The van der Waals surface area contributed by atoms with Crippen molar-refractivity contribution in [2.45, 2.75) is 44.8 Å². The van der Waals surface area contributed by atoms with Gasteiger partial charge in [-0.25, -0.2) is 4.39 Å². The smallest absolute Gasteiger partial charge is 0.353 e. The van der Waals surface area contributed by atoms with Crippen molar-refractivity contribution in [3.63, 3.8) is 0 Å². The van der Waals surface area contributed by atoms with E-state index in [0.717, 1.165) is 31.0 Å². The van der Waals surface area contributed by atoms with Crippen molar-refractivity contribution in [2.24, 2.45) is 0 Å². The third kappa shape index (κ3) is 4.77. The fourth-order valence-electron chi connectivity index (χ4n) is 3.16. The Balaban J connectivity index is 1.87. The zero-order valence-electron chi connectivity index (χ0n) is 15.3. The normalized spacial score (nSPS) is 18.7. The molecule has 3 nitrogen and oxygen atoms in total. The molecule has 0 radical (unpaired) electrons. The van der Waals surface area contributed by atoms with Gasteiger partial charge in [0.15, 0.2) is 12.1 Å². The average molecular weight is 396 g/mol. The third-order valence-corrected chi connectivity index (χ3v) is 4.63. The zero-order valence-corrected chi connectivity index (χ0v) is 15.3. The summed E-state index contributed by atoms with van der Waals surface area (Å²) < 4.78 is 64.9. The molecule has 2 aromatic rings. The topological polar surface area (TPSA) is 35.5 Å². The predicted molar refractivity (Wildman–Crippen MR) is 95.3 cm³/mol. The number of ether oxygens (including phenoxy) is 2. The maximum absolute atomic E-state index is 13.6. The molecule has 1 fully saturated rings. The molecule has 0 amide bonds. The van der Waals surface area contributed by atoms with Gasteiger partial charge in [0.05, 0.1) is 5.56 Å². The Morgan fingerprint density at radius 3 is 2.46 bits per heavy atom. The van der Waals surface area contributed by atoms with E-state index in [4.69, 9.17) is 9.47 Å². The van der Waals surface area contributed by atoms with Gasteiger partial charge in [-0.2, -0.15) is 13.2 Å². The third-order valence-electron chi connectivity index (χ3n) is 4.63. The number of rotatable bonds is 5. The summed E-state index contributed by atoms with van der Waals surface area (Å²) in [5, 5.41) is 0. The maximum Gasteiger partial charge on any atom is 0.417 e. The lowest BCUT2D eigenvalue weighted by atomic mass is 9.95. The van der Waals surface area contributed by atoms with Gasteiger partial charge in [0.2, 0.25) is 0 Å². The zero-order chi connectivity index (χ0) is 20.3. The molecule has 1 heterocycles. The maximum atomic E-state index is 13.6. The number of ketones is 1. The predicted octanol–water partition coefficient (Wildman–Crippen LogP) is 5.63. The van der Waals surface area contributed by atoms with E-state index in [1.165, 1.54) is 31.2 Å². The van der Waals surface area contributed by atoms with Crippen molar-refractivity contribution in [1.82, 2.24) is 0 Å². The Kier molecular flexibility index (Phi) is 6.15. The molecule has 2 aromatic carbocycles. The molecule has 7 heteroatoms. The Hall–Kier alpha value is -2.25. The highest BCUT2D eigenvalue weighted by Crippen LogP contribution is 2.38. The summed E-state index contributed by atoms with van der Waals surface area (Å²) >= 11 is 0. The number of Topliss-reactive ketones (excluding diaryl/α,β-unsaturated/α-hetero) is 1. The fourth-order valence-corrected chi connectivity index (χ4v) is 3.16. The second-order valence-corrected chi connectivity index (χ2v) is 6.70. The first-order valence-corrected chi connectivity index (χ1v) is 9.04. The van der Waals surface area contributed by atoms with Crippen LogP contribution >= 0.6 is 0 Å². The van der Waals surface area contributed by atoms with Crippen molar-refractivity contribution in [3.05, 3.63) is 59.4 Å². The van der Waals surface area contributed by atoms with Crippen LogP contribution in [-0.4, -0.2) is 24.8 Å². The number of alkyl halides is 3. The Morgan fingerprint density at radius 1 is 1.14 bits per heavy atom. The van der Waals surface area contributed by atoms with E-state index < -0.39 is 35.7 Å². The van der Waals surface area contributed by atoms with Crippen molar-refractivity contribution in [1.29, 1.82) is 0 Å². The summed E-state index contributed by atoms with van der Waals surface area (Å²) in [6.45, 7) is 2.04. The molecule has 0 aromatic heterocycles. The van der Waals surface area contributed by atoms with Gasteiger partial charge in [-0.15, -0.1) is 0 Å². The van der Waals surface area contributed by atoms with Crippen LogP contribution in [0.3, 0.4) is 0 Å². The van der Waals surface area contributed by atoms with Crippen LogP contribution in [0.2, 0.25) is 0 Å². The molecule has 150 valence electrons. The molecule has 1 aliphatic rings. The van der Waals surface area contributed by atoms with Crippen molar-refractivity contribution < 1.29 is 31.8 Å². The van der Waals surface area contributed by atoms with Crippen molar-refractivity contribution >= 4 is 5.78 Å². The number of halogens is 4. The second-order valence-electron chi connectivity index (χ2n) is 6.70. The Morgan fingerprint density at radius 2 is 1.86 bits per heavy atom. The number of hydrogen-bond donors (Lipinski definition) is 0. The summed E-state index contributed by atoms with van der Waals surface area (Å²) in [6, 6.07) is 8.11. The molecule has 3 rings (SSSR count). The van der Waals surface area contributed by atoms with E-state index in [1.54, 1.807) is 0 Å². The van der Waals surface area contributed by atoms with Gasteiger partial charge in [-0.3, -0.25) is 4.79 Å². The molecular weight excluding hydrogens is 376 g/mol. The largest absolute Gasteiger partial charge is 0.417 e. The number of carbonyl (C=O) groups excluding carboxylic acids is 1. The Labute approximate surface area is 160 Å². The highest BCUT2D eigenvalue weighted by molar-refractivity contribution is 6.00. The summed E-state index contributed by atoms with van der Waals surface area (Å²) in [4.78, 5) is 12.6. The average Bonchev–Trinajstić information content (AvgIpc) is 2.67. The van der Waals surface area contributed by atoms with Gasteiger partial charge >= 0.3 is 6.18 Å². The Bertz CT molecular complexity index is 825. The standard InChI is InChI=1S/C21H20F4O3/c1-13(28-19-4-2-3-11-27-19)20(26)15-7-10-17(18(12-15)21(23,24)25)14-5-8-16(22)9-6-14/h5-10,12-13,19H,2-4,11H2,1H3/t13-,19?/m1/s1. The molecule has 0 aliphatic carbocycles. The van der Waals surface area contributed by atoms with Gasteiger partial charge in [-0.1, -0.05) is 24.3 Å².